The predicted octanol–water partition coefficient (Wildman–Crippen LogP) is 1.17. The van der Waals surface area contributed by atoms with Crippen molar-refractivity contribution in [1.82, 2.24) is 10.2 Å². The Kier molecular flexibility index (Phi) is 3.38. The van der Waals surface area contributed by atoms with Gasteiger partial charge in [0, 0.05) is 29.4 Å². The summed E-state index contributed by atoms with van der Waals surface area (Å²) in [6.45, 7) is 0.428. The fraction of sp³-hybridized carbons (Fsp3) is 0.500. The highest BCUT2D eigenvalue weighted by molar-refractivity contribution is 7.84. The zero-order chi connectivity index (χ0) is 14.3. The van der Waals surface area contributed by atoms with Crippen molar-refractivity contribution in [3.8, 4) is 0 Å². The van der Waals surface area contributed by atoms with Crippen molar-refractivity contribution in [2.45, 2.75) is 24.5 Å². The summed E-state index contributed by atoms with van der Waals surface area (Å²) in [5.74, 6) is 0.180. The van der Waals surface area contributed by atoms with Crippen LogP contribution in [0.3, 0.4) is 0 Å². The zero-order valence-electron chi connectivity index (χ0n) is 11.3. The van der Waals surface area contributed by atoms with Crippen LogP contribution in [0.2, 0.25) is 0 Å². The van der Waals surface area contributed by atoms with E-state index in [-0.39, 0.29) is 17.9 Å². The van der Waals surface area contributed by atoms with Crippen molar-refractivity contribution >= 4 is 16.7 Å². The lowest BCUT2D eigenvalue weighted by molar-refractivity contribution is -0.130. The summed E-state index contributed by atoms with van der Waals surface area (Å²) in [6.07, 6.45) is 2.95. The Morgan fingerprint density at radius 2 is 2.25 bits per heavy atom. The van der Waals surface area contributed by atoms with Gasteiger partial charge in [-0.05, 0) is 30.5 Å². The summed E-state index contributed by atoms with van der Waals surface area (Å²) < 4.78 is 24.7. The monoisotopic (exact) mass is 296 g/mol. The minimum absolute atomic E-state index is 0.0530. The van der Waals surface area contributed by atoms with E-state index in [9.17, 15) is 13.4 Å². The molecule has 1 aromatic carbocycles. The minimum Gasteiger partial charge on any atom is -0.320 e. The summed E-state index contributed by atoms with van der Waals surface area (Å²) in [5.41, 5.74) is 0.288. The SMILES string of the molecule is CS(=O)CCN1C(=O)C2(CC2)NC1c1cccc(F)c1. The molecule has 20 heavy (non-hydrogen) atoms. The Bertz CT molecular complexity index is 574. The standard InChI is InChI=1S/C14H17FN2O2S/c1-20(19)8-7-17-12(10-3-2-4-11(15)9-10)16-14(5-6-14)13(17)18/h2-4,9,12,16H,5-8H2,1H3. The lowest BCUT2D eigenvalue weighted by Crippen LogP contribution is -2.34. The number of hydrogen-bond acceptors (Lipinski definition) is 3. The number of hydrogen-bond donors (Lipinski definition) is 1. The van der Waals surface area contributed by atoms with Gasteiger partial charge in [0.05, 0.1) is 0 Å². The van der Waals surface area contributed by atoms with E-state index in [1.54, 1.807) is 17.2 Å². The van der Waals surface area contributed by atoms with Crippen molar-refractivity contribution in [2.75, 3.05) is 18.6 Å². The average molecular weight is 296 g/mol. The molecule has 1 N–H and O–H groups in total. The highest BCUT2D eigenvalue weighted by atomic mass is 32.2. The van der Waals surface area contributed by atoms with Gasteiger partial charge in [0.15, 0.2) is 0 Å². The number of nitrogens with zero attached hydrogens (tertiary/aromatic N) is 1. The molecular weight excluding hydrogens is 279 g/mol. The predicted molar refractivity (Wildman–Crippen MR) is 74.9 cm³/mol. The summed E-state index contributed by atoms with van der Waals surface area (Å²) >= 11 is 0. The molecule has 1 saturated carbocycles. The van der Waals surface area contributed by atoms with Gasteiger partial charge in [-0.15, -0.1) is 0 Å². The molecule has 0 bridgehead atoms. The molecule has 1 saturated heterocycles. The Labute approximate surface area is 119 Å². The summed E-state index contributed by atoms with van der Waals surface area (Å²) in [6, 6.07) is 6.29. The maximum atomic E-state index is 13.4. The molecule has 6 heteroatoms. The third-order valence-electron chi connectivity index (χ3n) is 3.93. The van der Waals surface area contributed by atoms with Gasteiger partial charge in [0.1, 0.15) is 17.5 Å². The second kappa shape index (κ2) is 4.93. The number of rotatable bonds is 4. The van der Waals surface area contributed by atoms with E-state index in [1.165, 1.54) is 12.1 Å². The van der Waals surface area contributed by atoms with Crippen LogP contribution in [0, 0.1) is 5.82 Å². The van der Waals surface area contributed by atoms with Crippen LogP contribution < -0.4 is 5.32 Å². The Hall–Kier alpha value is -1.27. The fourth-order valence-electron chi connectivity index (χ4n) is 2.67. The van der Waals surface area contributed by atoms with Crippen LogP contribution in [0.4, 0.5) is 4.39 Å². The number of amides is 1. The van der Waals surface area contributed by atoms with E-state index >= 15 is 0 Å². The third-order valence-corrected chi connectivity index (χ3v) is 4.69. The second-order valence-corrected chi connectivity index (χ2v) is 7.01. The molecule has 1 aliphatic carbocycles. The summed E-state index contributed by atoms with van der Waals surface area (Å²) in [4.78, 5) is 14.1. The van der Waals surface area contributed by atoms with Gasteiger partial charge >= 0.3 is 0 Å². The van der Waals surface area contributed by atoms with Gasteiger partial charge in [-0.25, -0.2) is 4.39 Å². The highest BCUT2D eigenvalue weighted by Gasteiger charge is 2.59. The van der Waals surface area contributed by atoms with Crippen LogP contribution in [0.1, 0.15) is 24.6 Å². The highest BCUT2D eigenvalue weighted by Crippen LogP contribution is 2.45. The molecule has 2 atom stereocenters. The number of carbonyl (C=O) groups excluding carboxylic acids is 1. The molecule has 1 aromatic rings. The zero-order valence-corrected chi connectivity index (χ0v) is 12.1. The second-order valence-electron chi connectivity index (χ2n) is 5.46. The van der Waals surface area contributed by atoms with E-state index < -0.39 is 16.3 Å². The molecule has 4 nitrogen and oxygen atoms in total. The van der Waals surface area contributed by atoms with Gasteiger partial charge < -0.3 is 4.90 Å². The lowest BCUT2D eigenvalue weighted by Gasteiger charge is -2.24. The Morgan fingerprint density at radius 3 is 2.85 bits per heavy atom. The van der Waals surface area contributed by atoms with Crippen LogP contribution in [0.5, 0.6) is 0 Å². The largest absolute Gasteiger partial charge is 0.320 e. The molecule has 3 rings (SSSR count). The molecule has 2 unspecified atom stereocenters. The normalized spacial score (nSPS) is 25.2. The third kappa shape index (κ3) is 2.38. The molecule has 1 heterocycles. The van der Waals surface area contributed by atoms with E-state index in [2.05, 4.69) is 5.32 Å². The van der Waals surface area contributed by atoms with Crippen molar-refractivity contribution in [3.63, 3.8) is 0 Å². The molecule has 1 amide bonds. The van der Waals surface area contributed by atoms with E-state index in [4.69, 9.17) is 0 Å². The quantitative estimate of drug-likeness (QED) is 0.907. The maximum Gasteiger partial charge on any atom is 0.244 e. The van der Waals surface area contributed by atoms with Crippen LogP contribution in [-0.4, -0.2) is 39.1 Å². The number of carbonyl (C=O) groups is 1. The molecule has 0 aromatic heterocycles. The number of halogens is 1. The molecule has 0 radical (unpaired) electrons. The molecule has 2 fully saturated rings. The first-order valence-electron chi connectivity index (χ1n) is 6.66. The van der Waals surface area contributed by atoms with Crippen molar-refractivity contribution < 1.29 is 13.4 Å². The van der Waals surface area contributed by atoms with E-state index in [0.29, 0.717) is 12.3 Å². The van der Waals surface area contributed by atoms with Crippen molar-refractivity contribution in [2.24, 2.45) is 0 Å². The van der Waals surface area contributed by atoms with Crippen molar-refractivity contribution in [3.05, 3.63) is 35.6 Å². The topological polar surface area (TPSA) is 49.4 Å². The van der Waals surface area contributed by atoms with Crippen LogP contribution >= 0.6 is 0 Å². The Morgan fingerprint density at radius 1 is 1.50 bits per heavy atom. The van der Waals surface area contributed by atoms with Crippen molar-refractivity contribution in [1.29, 1.82) is 0 Å². The smallest absolute Gasteiger partial charge is 0.244 e. The minimum atomic E-state index is -0.952. The van der Waals surface area contributed by atoms with E-state index in [1.807, 2.05) is 6.07 Å². The molecule has 108 valence electrons. The van der Waals surface area contributed by atoms with Gasteiger partial charge in [-0.2, -0.15) is 0 Å². The summed E-state index contributed by atoms with van der Waals surface area (Å²) in [5, 5.41) is 3.32. The molecular formula is C14H17FN2O2S. The first-order chi connectivity index (χ1) is 9.52. The number of benzene rings is 1. The van der Waals surface area contributed by atoms with E-state index in [0.717, 1.165) is 18.4 Å². The lowest BCUT2D eigenvalue weighted by atomic mass is 10.1. The summed E-state index contributed by atoms with van der Waals surface area (Å²) in [7, 11) is -0.952. The van der Waals surface area contributed by atoms with Crippen LogP contribution in [0.15, 0.2) is 24.3 Å². The van der Waals surface area contributed by atoms with Gasteiger partial charge in [-0.3, -0.25) is 14.3 Å². The molecule has 1 spiro atoms. The first kappa shape index (κ1) is 13.7. The van der Waals surface area contributed by atoms with Gasteiger partial charge in [-0.1, -0.05) is 12.1 Å². The van der Waals surface area contributed by atoms with Gasteiger partial charge in [0.25, 0.3) is 0 Å². The first-order valence-corrected chi connectivity index (χ1v) is 8.39. The van der Waals surface area contributed by atoms with Crippen LogP contribution in [0.25, 0.3) is 0 Å². The average Bonchev–Trinajstić information content (AvgIpc) is 3.12. The van der Waals surface area contributed by atoms with Crippen LogP contribution in [-0.2, 0) is 15.6 Å². The molecule has 2 aliphatic rings. The Balaban J connectivity index is 1.87. The fourth-order valence-corrected chi connectivity index (χ4v) is 3.13. The maximum absolute atomic E-state index is 13.4. The van der Waals surface area contributed by atoms with Gasteiger partial charge in [0.2, 0.25) is 5.91 Å². The molecule has 1 aliphatic heterocycles. The number of nitrogens with one attached hydrogen (secondary N) is 1.